The molecule has 1 atom stereocenters. The lowest BCUT2D eigenvalue weighted by molar-refractivity contribution is -0.121. The zero-order valence-electron chi connectivity index (χ0n) is 18.6. The van der Waals surface area contributed by atoms with Gasteiger partial charge in [0.1, 0.15) is 0 Å². The van der Waals surface area contributed by atoms with Gasteiger partial charge in [0.2, 0.25) is 5.91 Å². The summed E-state index contributed by atoms with van der Waals surface area (Å²) >= 11 is 0. The van der Waals surface area contributed by atoms with Crippen molar-refractivity contribution in [3.8, 4) is 11.5 Å². The van der Waals surface area contributed by atoms with Crippen LogP contribution in [0.1, 0.15) is 57.9 Å². The summed E-state index contributed by atoms with van der Waals surface area (Å²) in [6, 6.07) is 6.13. The highest BCUT2D eigenvalue weighted by Gasteiger charge is 2.20. The molecule has 1 aromatic rings. The third-order valence-corrected chi connectivity index (χ3v) is 5.20. The number of aliphatic imine (C=N–C) groups is 1. The highest BCUT2D eigenvalue weighted by atomic mass is 127. The Balaban J connectivity index is 0.00000450. The summed E-state index contributed by atoms with van der Waals surface area (Å²) in [5.41, 5.74) is 1.02. The normalized spacial score (nSPS) is 15.1. The van der Waals surface area contributed by atoms with Crippen molar-refractivity contribution in [2.75, 3.05) is 20.7 Å². The standard InChI is InChI=1S/C22H36N4O3.HI/c1-5-16(2)26-20(27)13-14-24-22(23-3)25-15-17-9-8-12-19(28-4)21(17)29-18-10-6-7-11-18;/h8-9,12,16,18H,5-7,10-11,13-15H2,1-4H3,(H,26,27)(H2,23,24,25);1H. The number of nitrogens with zero attached hydrogens (tertiary/aromatic N) is 1. The van der Waals surface area contributed by atoms with E-state index in [1.807, 2.05) is 25.1 Å². The number of halogens is 1. The summed E-state index contributed by atoms with van der Waals surface area (Å²) in [6.07, 6.45) is 6.20. The van der Waals surface area contributed by atoms with Crippen LogP contribution in [0, 0.1) is 0 Å². The average Bonchev–Trinajstić information content (AvgIpc) is 3.24. The van der Waals surface area contributed by atoms with Crippen molar-refractivity contribution in [1.29, 1.82) is 0 Å². The fourth-order valence-electron chi connectivity index (χ4n) is 3.31. The van der Waals surface area contributed by atoms with Crippen molar-refractivity contribution in [3.05, 3.63) is 23.8 Å². The van der Waals surface area contributed by atoms with Crippen LogP contribution in [0.5, 0.6) is 11.5 Å². The zero-order chi connectivity index (χ0) is 21.1. The van der Waals surface area contributed by atoms with Gasteiger partial charge in [-0.1, -0.05) is 19.1 Å². The van der Waals surface area contributed by atoms with Crippen LogP contribution in [0.3, 0.4) is 0 Å². The SMILES string of the molecule is CCC(C)NC(=O)CCNC(=NC)NCc1cccc(OC)c1OC1CCCC1.I. The van der Waals surface area contributed by atoms with E-state index in [-0.39, 0.29) is 42.0 Å². The van der Waals surface area contributed by atoms with E-state index in [0.29, 0.717) is 25.5 Å². The number of hydrogen-bond acceptors (Lipinski definition) is 4. The van der Waals surface area contributed by atoms with E-state index in [2.05, 4.69) is 27.9 Å². The first-order valence-corrected chi connectivity index (χ1v) is 10.6. The Kier molecular flexibility index (Phi) is 12.6. The summed E-state index contributed by atoms with van der Waals surface area (Å²) in [4.78, 5) is 16.1. The van der Waals surface area contributed by atoms with Gasteiger partial charge in [-0.05, 0) is 45.1 Å². The van der Waals surface area contributed by atoms with Crippen LogP contribution in [0.2, 0.25) is 0 Å². The lowest BCUT2D eigenvalue weighted by atomic mass is 10.1. The maximum absolute atomic E-state index is 11.9. The molecule has 2 rings (SSSR count). The lowest BCUT2D eigenvalue weighted by Gasteiger charge is -2.20. The van der Waals surface area contributed by atoms with E-state index in [9.17, 15) is 4.79 Å². The molecule has 1 fully saturated rings. The van der Waals surface area contributed by atoms with Gasteiger partial charge in [-0.25, -0.2) is 0 Å². The van der Waals surface area contributed by atoms with Crippen molar-refractivity contribution < 1.29 is 14.3 Å². The predicted molar refractivity (Wildman–Crippen MR) is 132 cm³/mol. The van der Waals surface area contributed by atoms with E-state index < -0.39 is 0 Å². The Morgan fingerprint density at radius 3 is 2.63 bits per heavy atom. The van der Waals surface area contributed by atoms with Crippen molar-refractivity contribution in [2.24, 2.45) is 4.99 Å². The van der Waals surface area contributed by atoms with Crippen LogP contribution in [0.15, 0.2) is 23.2 Å². The van der Waals surface area contributed by atoms with Gasteiger partial charge in [0.15, 0.2) is 17.5 Å². The molecule has 3 N–H and O–H groups in total. The minimum Gasteiger partial charge on any atom is -0.493 e. The maximum Gasteiger partial charge on any atom is 0.221 e. The molecule has 0 radical (unpaired) electrons. The molecule has 1 amide bonds. The largest absolute Gasteiger partial charge is 0.493 e. The Labute approximate surface area is 197 Å². The molecule has 0 aromatic heterocycles. The molecule has 0 bridgehead atoms. The Morgan fingerprint density at radius 2 is 2.00 bits per heavy atom. The van der Waals surface area contributed by atoms with Crippen molar-refractivity contribution in [3.63, 3.8) is 0 Å². The molecular formula is C22H37IN4O3. The van der Waals surface area contributed by atoms with E-state index in [1.165, 1.54) is 12.8 Å². The molecule has 0 saturated heterocycles. The highest BCUT2D eigenvalue weighted by molar-refractivity contribution is 14.0. The molecule has 0 heterocycles. The summed E-state index contributed by atoms with van der Waals surface area (Å²) in [5, 5.41) is 9.45. The second kappa shape index (κ2) is 14.3. The summed E-state index contributed by atoms with van der Waals surface area (Å²) in [6.45, 7) is 5.13. The Morgan fingerprint density at radius 1 is 1.27 bits per heavy atom. The summed E-state index contributed by atoms with van der Waals surface area (Å²) in [7, 11) is 3.38. The van der Waals surface area contributed by atoms with E-state index in [0.717, 1.165) is 36.3 Å². The molecule has 30 heavy (non-hydrogen) atoms. The van der Waals surface area contributed by atoms with Crippen LogP contribution < -0.4 is 25.4 Å². The van der Waals surface area contributed by atoms with E-state index in [4.69, 9.17) is 9.47 Å². The van der Waals surface area contributed by atoms with Crippen molar-refractivity contribution in [1.82, 2.24) is 16.0 Å². The van der Waals surface area contributed by atoms with E-state index in [1.54, 1.807) is 14.2 Å². The number of carbonyl (C=O) groups excluding carboxylic acids is 1. The molecule has 1 aliphatic rings. The average molecular weight is 532 g/mol. The summed E-state index contributed by atoms with van der Waals surface area (Å²) < 4.78 is 11.8. The second-order valence-electron chi connectivity index (χ2n) is 7.45. The molecule has 1 unspecified atom stereocenters. The van der Waals surface area contributed by atoms with Gasteiger partial charge in [-0.2, -0.15) is 0 Å². The monoisotopic (exact) mass is 532 g/mol. The van der Waals surface area contributed by atoms with Gasteiger partial charge in [0.25, 0.3) is 0 Å². The third-order valence-electron chi connectivity index (χ3n) is 5.20. The number of methoxy groups -OCH3 is 1. The maximum atomic E-state index is 11.9. The first kappa shape index (κ1) is 26.3. The smallest absolute Gasteiger partial charge is 0.221 e. The Bertz CT molecular complexity index is 678. The molecule has 1 saturated carbocycles. The minimum atomic E-state index is 0. The number of para-hydroxylation sites is 1. The lowest BCUT2D eigenvalue weighted by Crippen LogP contribution is -2.40. The first-order chi connectivity index (χ1) is 14.1. The number of amides is 1. The van der Waals surface area contributed by atoms with Gasteiger partial charge < -0.3 is 25.4 Å². The van der Waals surface area contributed by atoms with Crippen LogP contribution in [-0.4, -0.2) is 44.7 Å². The summed E-state index contributed by atoms with van der Waals surface area (Å²) in [5.74, 6) is 2.25. The minimum absolute atomic E-state index is 0. The van der Waals surface area contributed by atoms with Crippen molar-refractivity contribution >= 4 is 35.8 Å². The fourth-order valence-corrected chi connectivity index (χ4v) is 3.31. The highest BCUT2D eigenvalue weighted by Crippen LogP contribution is 2.34. The van der Waals surface area contributed by atoms with Gasteiger partial charge in [-0.3, -0.25) is 9.79 Å². The van der Waals surface area contributed by atoms with Crippen LogP contribution in [-0.2, 0) is 11.3 Å². The second-order valence-corrected chi connectivity index (χ2v) is 7.45. The van der Waals surface area contributed by atoms with Gasteiger partial charge in [0.05, 0.1) is 13.2 Å². The molecule has 0 aliphatic heterocycles. The van der Waals surface area contributed by atoms with Crippen LogP contribution in [0.4, 0.5) is 0 Å². The number of benzene rings is 1. The number of nitrogens with one attached hydrogen (secondary N) is 3. The van der Waals surface area contributed by atoms with Gasteiger partial charge >= 0.3 is 0 Å². The quantitative estimate of drug-likeness (QED) is 0.244. The molecule has 7 nitrogen and oxygen atoms in total. The molecule has 1 aliphatic carbocycles. The molecule has 170 valence electrons. The molecular weight excluding hydrogens is 495 g/mol. The molecule has 8 heteroatoms. The molecule has 1 aromatic carbocycles. The van der Waals surface area contributed by atoms with Crippen molar-refractivity contribution in [2.45, 2.75) is 71.1 Å². The van der Waals surface area contributed by atoms with Crippen LogP contribution in [0.25, 0.3) is 0 Å². The number of hydrogen-bond donors (Lipinski definition) is 3. The number of carbonyl (C=O) groups is 1. The Hall–Kier alpha value is -1.71. The van der Waals surface area contributed by atoms with Gasteiger partial charge in [0, 0.05) is 38.2 Å². The zero-order valence-corrected chi connectivity index (χ0v) is 21.0. The fraction of sp³-hybridized carbons (Fsp3) is 0.636. The van der Waals surface area contributed by atoms with Crippen LogP contribution >= 0.6 is 24.0 Å². The number of guanidine groups is 1. The third kappa shape index (κ3) is 8.57. The first-order valence-electron chi connectivity index (χ1n) is 10.6. The number of ether oxygens (including phenoxy) is 2. The topological polar surface area (TPSA) is 84.0 Å². The van der Waals surface area contributed by atoms with Gasteiger partial charge in [-0.15, -0.1) is 24.0 Å². The molecule has 0 spiro atoms. The predicted octanol–water partition coefficient (Wildman–Crippen LogP) is 3.60. The number of rotatable bonds is 10. The van der Waals surface area contributed by atoms with E-state index >= 15 is 0 Å².